The Morgan fingerprint density at radius 3 is 1.81 bits per heavy atom. The highest BCUT2D eigenvalue weighted by molar-refractivity contribution is 14.1. The molecule has 0 aliphatic heterocycles. The Labute approximate surface area is 209 Å². The van der Waals surface area contributed by atoms with Gasteiger partial charge in [0.25, 0.3) is 17.7 Å². The number of carbonyl (C=O) groups is 3. The molecule has 0 aliphatic carbocycles. The first kappa shape index (κ1) is 28.2. The molecule has 0 heterocycles. The largest absolute Gasteiger partial charge is 0.394 e. The number of benzene rings is 1. The molecule has 1 aromatic rings. The summed E-state index contributed by atoms with van der Waals surface area (Å²) in [5.41, 5.74) is 4.82. The van der Waals surface area contributed by atoms with E-state index < -0.39 is 62.3 Å². The van der Waals surface area contributed by atoms with E-state index in [2.05, 4.69) is 5.32 Å². The first-order valence-corrected chi connectivity index (χ1v) is 11.3. The lowest BCUT2D eigenvalue weighted by atomic mass is 10.0. The number of amides is 3. The van der Waals surface area contributed by atoms with Crippen LogP contribution in [0.4, 0.5) is 5.69 Å². The molecule has 1 aromatic carbocycles. The van der Waals surface area contributed by atoms with E-state index in [9.17, 15) is 39.9 Å². The van der Waals surface area contributed by atoms with E-state index in [0.29, 0.717) is 0 Å². The van der Waals surface area contributed by atoms with Crippen LogP contribution in [0.5, 0.6) is 0 Å². The maximum atomic E-state index is 13.5. The fourth-order valence-corrected chi connectivity index (χ4v) is 5.74. The third-order valence-electron chi connectivity index (χ3n) is 4.27. The van der Waals surface area contributed by atoms with E-state index in [1.54, 1.807) is 45.2 Å². The molecule has 8 N–H and O–H groups in total. The highest BCUT2D eigenvalue weighted by Crippen LogP contribution is 2.39. The van der Waals surface area contributed by atoms with Crippen molar-refractivity contribution in [2.45, 2.75) is 25.1 Å². The molecule has 0 aliphatic rings. The predicted octanol–water partition coefficient (Wildman–Crippen LogP) is -0.884. The number of nitrogens with two attached hydrogens (primary N) is 1. The molecule has 31 heavy (non-hydrogen) atoms. The summed E-state index contributed by atoms with van der Waals surface area (Å²) >= 11 is 9.62. The number of rotatable bonds is 10. The fourth-order valence-electron chi connectivity index (χ4n) is 2.63. The van der Waals surface area contributed by atoms with E-state index >= 15 is 0 Å². The van der Waals surface area contributed by atoms with E-state index in [0.717, 1.165) is 4.90 Å². The lowest BCUT2D eigenvalue weighted by Gasteiger charge is -2.35. The number of aliphatic hydroxyl groups excluding tert-OH is 5. The molecule has 0 saturated heterocycles. The summed E-state index contributed by atoms with van der Waals surface area (Å²) in [5, 5.41) is 50.0. The van der Waals surface area contributed by atoms with Crippen molar-refractivity contribution in [2.75, 3.05) is 31.7 Å². The van der Waals surface area contributed by atoms with Gasteiger partial charge in [0.15, 0.2) is 0 Å². The van der Waals surface area contributed by atoms with Crippen LogP contribution in [0, 0.1) is 7.14 Å². The second-order valence-electron chi connectivity index (χ2n) is 6.35. The van der Waals surface area contributed by atoms with Gasteiger partial charge in [-0.05, 0) is 52.1 Å². The molecule has 11 nitrogen and oxygen atoms in total. The van der Waals surface area contributed by atoms with Gasteiger partial charge in [0.05, 0.1) is 63.9 Å². The van der Waals surface area contributed by atoms with Crippen molar-refractivity contribution in [3.63, 3.8) is 0 Å². The zero-order valence-corrected chi connectivity index (χ0v) is 21.3. The van der Waals surface area contributed by atoms with Crippen molar-refractivity contribution in [2.24, 2.45) is 5.73 Å². The van der Waals surface area contributed by atoms with E-state index in [1.807, 2.05) is 0 Å². The van der Waals surface area contributed by atoms with Gasteiger partial charge in [-0.15, -0.1) is 0 Å². The van der Waals surface area contributed by atoms with Gasteiger partial charge >= 0.3 is 0 Å². The van der Waals surface area contributed by atoms with Gasteiger partial charge in [-0.1, -0.05) is 11.6 Å². The number of nitrogens with zero attached hydrogens (tertiary/aromatic N) is 1. The normalized spacial score (nSPS) is 12.2. The Bertz CT molecular complexity index is 835. The average molecular weight is 686 g/mol. The minimum absolute atomic E-state index is 0.0220. The van der Waals surface area contributed by atoms with Crippen LogP contribution in [0.25, 0.3) is 0 Å². The lowest BCUT2D eigenvalue weighted by molar-refractivity contribution is -0.123. The predicted molar refractivity (Wildman–Crippen MR) is 128 cm³/mol. The highest BCUT2D eigenvalue weighted by atomic mass is 127. The summed E-state index contributed by atoms with van der Waals surface area (Å²) < 4.78 is 0.0964. The number of carbonyl (C=O) groups excluding carboxylic acids is 3. The minimum Gasteiger partial charge on any atom is -0.394 e. The van der Waals surface area contributed by atoms with Crippen molar-refractivity contribution < 1.29 is 39.9 Å². The van der Waals surface area contributed by atoms with E-state index in [1.165, 1.54) is 6.92 Å². The summed E-state index contributed by atoms with van der Waals surface area (Å²) in [6, 6.07) is -2.38. The highest BCUT2D eigenvalue weighted by Gasteiger charge is 2.36. The number of anilines is 1. The monoisotopic (exact) mass is 685 g/mol. The maximum absolute atomic E-state index is 13.5. The summed E-state index contributed by atoms with van der Waals surface area (Å²) in [5.74, 6) is -2.73. The topological polar surface area (TPSA) is 194 Å². The molecule has 0 saturated carbocycles. The van der Waals surface area contributed by atoms with Gasteiger partial charge in [0.2, 0.25) is 0 Å². The van der Waals surface area contributed by atoms with Crippen LogP contribution in [0.3, 0.4) is 0 Å². The van der Waals surface area contributed by atoms with Crippen LogP contribution in [0.15, 0.2) is 0 Å². The summed E-state index contributed by atoms with van der Waals surface area (Å²) in [7, 11) is 0. The second kappa shape index (κ2) is 12.4. The van der Waals surface area contributed by atoms with Crippen LogP contribution in [0.2, 0.25) is 5.02 Å². The van der Waals surface area contributed by atoms with Crippen LogP contribution in [-0.4, -0.2) is 92.8 Å². The Morgan fingerprint density at radius 2 is 1.45 bits per heavy atom. The molecule has 14 heteroatoms. The third-order valence-corrected chi connectivity index (χ3v) is 6.80. The zero-order chi connectivity index (χ0) is 24.0. The van der Waals surface area contributed by atoms with E-state index in [-0.39, 0.29) is 29.0 Å². The molecular weight excluding hydrogens is 663 g/mol. The maximum Gasteiger partial charge on any atom is 0.256 e. The molecule has 3 amide bonds. The number of hydrogen-bond acceptors (Lipinski definition) is 8. The molecule has 0 aromatic heterocycles. The first-order chi connectivity index (χ1) is 14.5. The number of aliphatic hydroxyl groups is 5. The van der Waals surface area contributed by atoms with Gasteiger partial charge in [-0.2, -0.15) is 0 Å². The van der Waals surface area contributed by atoms with E-state index in [4.69, 9.17) is 17.3 Å². The van der Waals surface area contributed by atoms with Crippen LogP contribution >= 0.6 is 56.8 Å². The van der Waals surface area contributed by atoms with Crippen LogP contribution in [0.1, 0.15) is 27.6 Å². The number of nitrogens with one attached hydrogen (secondary N) is 1. The SMILES string of the molecule is CC(O)C(=O)Nc1c(Cl)c(C(N)=O)c(I)c(C(=O)N(C(CO)CO)C(CO)CO)c1I. The quantitative estimate of drug-likeness (QED) is 0.154. The van der Waals surface area contributed by atoms with Crippen molar-refractivity contribution >= 4 is 80.2 Å². The second-order valence-corrected chi connectivity index (χ2v) is 8.88. The fraction of sp³-hybridized carbons (Fsp3) is 0.471. The Kier molecular flexibility index (Phi) is 11.3. The third kappa shape index (κ3) is 6.16. The smallest absolute Gasteiger partial charge is 0.256 e. The molecule has 0 bridgehead atoms. The number of halogens is 3. The summed E-state index contributed by atoms with van der Waals surface area (Å²) in [6.07, 6.45) is -1.43. The lowest BCUT2D eigenvalue weighted by Crippen LogP contribution is -2.53. The zero-order valence-electron chi connectivity index (χ0n) is 16.2. The standard InChI is InChI=1S/C17H22ClI2N3O8/c1-6(28)16(30)22-14-11(18)9(15(21)29)12(19)10(13(14)20)17(31)23(7(2-24)3-25)8(4-26)5-27/h6-8,24-28H,2-5H2,1H3,(H2,21,29)(H,22,30). The molecule has 174 valence electrons. The number of hydrogen-bond donors (Lipinski definition) is 7. The van der Waals surface area contributed by atoms with Crippen LogP contribution in [-0.2, 0) is 4.79 Å². The Balaban J connectivity index is 3.85. The molecule has 1 atom stereocenters. The van der Waals surface area contributed by atoms with Gasteiger partial charge in [-0.25, -0.2) is 0 Å². The number of primary amides is 1. The van der Waals surface area contributed by atoms with Gasteiger partial charge in [-0.3, -0.25) is 14.4 Å². The van der Waals surface area contributed by atoms with Crippen molar-refractivity contribution in [3.05, 3.63) is 23.3 Å². The Hall–Kier alpha value is -0.820. The average Bonchev–Trinajstić information content (AvgIpc) is 2.70. The Morgan fingerprint density at radius 1 is 1.00 bits per heavy atom. The molecular formula is C17H22ClI2N3O8. The molecule has 0 fully saturated rings. The van der Waals surface area contributed by atoms with Crippen LogP contribution < -0.4 is 11.1 Å². The van der Waals surface area contributed by atoms with Gasteiger partial charge in [0, 0.05) is 3.57 Å². The van der Waals surface area contributed by atoms with Gasteiger partial charge < -0.3 is 41.5 Å². The minimum atomic E-state index is -1.43. The molecule has 0 radical (unpaired) electrons. The van der Waals surface area contributed by atoms with Crippen molar-refractivity contribution in [1.82, 2.24) is 4.90 Å². The van der Waals surface area contributed by atoms with Crippen molar-refractivity contribution in [3.8, 4) is 0 Å². The van der Waals surface area contributed by atoms with Gasteiger partial charge in [0.1, 0.15) is 6.10 Å². The molecule has 1 rings (SSSR count). The molecule has 1 unspecified atom stereocenters. The summed E-state index contributed by atoms with van der Waals surface area (Å²) in [4.78, 5) is 38.4. The summed E-state index contributed by atoms with van der Waals surface area (Å²) in [6.45, 7) is -1.55. The van der Waals surface area contributed by atoms with Crippen molar-refractivity contribution in [1.29, 1.82) is 0 Å². The first-order valence-electron chi connectivity index (χ1n) is 8.73. The molecule has 0 spiro atoms.